The molecular weight excluding hydrogens is 224 g/mol. The maximum atomic E-state index is 11.7. The molecule has 90 valence electrons. The van der Waals surface area contributed by atoms with Crippen molar-refractivity contribution in [2.75, 3.05) is 13.2 Å². The average Bonchev–Trinajstić information content (AvgIpc) is 2.79. The van der Waals surface area contributed by atoms with Crippen LogP contribution in [0.15, 0.2) is 24.7 Å². The summed E-state index contributed by atoms with van der Waals surface area (Å²) in [6.45, 7) is -0.410. The van der Waals surface area contributed by atoms with Crippen LogP contribution in [0.3, 0.4) is 0 Å². The Kier molecular flexibility index (Phi) is 3.31. The number of fused-ring (bicyclic) bond motifs is 1. The first-order valence-corrected chi connectivity index (χ1v) is 5.08. The van der Waals surface area contributed by atoms with E-state index in [1.54, 1.807) is 18.5 Å². The van der Waals surface area contributed by atoms with E-state index in [1.807, 2.05) is 0 Å². The summed E-state index contributed by atoms with van der Waals surface area (Å²) < 4.78 is 1.48. The maximum absolute atomic E-state index is 11.7. The number of carbonyl (C=O) groups is 1. The Morgan fingerprint density at radius 3 is 3.18 bits per heavy atom. The minimum atomic E-state index is -0.964. The number of nitrogens with one attached hydrogen (secondary N) is 1. The molecule has 0 aliphatic rings. The van der Waals surface area contributed by atoms with E-state index in [-0.39, 0.29) is 12.5 Å². The number of amides is 1. The molecule has 0 saturated heterocycles. The van der Waals surface area contributed by atoms with Gasteiger partial charge in [-0.3, -0.25) is 4.79 Å². The lowest BCUT2D eigenvalue weighted by molar-refractivity contribution is 0.0803. The van der Waals surface area contributed by atoms with Gasteiger partial charge >= 0.3 is 0 Å². The molecule has 0 aromatic carbocycles. The second kappa shape index (κ2) is 4.89. The maximum Gasteiger partial charge on any atom is 0.256 e. The van der Waals surface area contributed by atoms with Gasteiger partial charge in [0.05, 0.1) is 18.9 Å². The number of aromatic nitrogens is 3. The van der Waals surface area contributed by atoms with Crippen LogP contribution in [-0.2, 0) is 0 Å². The molecule has 1 amide bonds. The van der Waals surface area contributed by atoms with Crippen LogP contribution in [0.4, 0.5) is 0 Å². The van der Waals surface area contributed by atoms with Crippen molar-refractivity contribution >= 4 is 11.6 Å². The van der Waals surface area contributed by atoms with Gasteiger partial charge in [-0.05, 0) is 6.07 Å². The molecule has 0 aliphatic carbocycles. The van der Waals surface area contributed by atoms with Gasteiger partial charge in [0.2, 0.25) is 0 Å². The number of hydrogen-bond donors (Lipinski definition) is 3. The molecule has 2 rings (SSSR count). The molecule has 0 bridgehead atoms. The molecule has 0 aliphatic heterocycles. The monoisotopic (exact) mass is 236 g/mol. The zero-order valence-corrected chi connectivity index (χ0v) is 8.95. The summed E-state index contributed by atoms with van der Waals surface area (Å²) in [6.07, 6.45) is 3.69. The molecule has 0 saturated carbocycles. The number of aliphatic hydroxyl groups is 2. The van der Waals surface area contributed by atoms with Gasteiger partial charge in [-0.25, -0.2) is 9.50 Å². The molecule has 2 aromatic rings. The van der Waals surface area contributed by atoms with Crippen molar-refractivity contribution in [3.8, 4) is 0 Å². The molecule has 7 nitrogen and oxygen atoms in total. The Morgan fingerprint density at radius 1 is 1.59 bits per heavy atom. The number of carbonyl (C=O) groups excluding carboxylic acids is 1. The van der Waals surface area contributed by atoms with Crippen LogP contribution in [0.1, 0.15) is 10.4 Å². The molecule has 3 N–H and O–H groups in total. The van der Waals surface area contributed by atoms with E-state index in [0.29, 0.717) is 11.2 Å². The van der Waals surface area contributed by atoms with Crippen molar-refractivity contribution in [1.29, 1.82) is 0 Å². The number of rotatable bonds is 4. The summed E-state index contributed by atoms with van der Waals surface area (Å²) in [5, 5.41) is 24.2. The highest BCUT2D eigenvalue weighted by Gasteiger charge is 2.14. The highest BCUT2D eigenvalue weighted by Crippen LogP contribution is 2.06. The summed E-state index contributed by atoms with van der Waals surface area (Å²) in [5.41, 5.74) is 0.777. The van der Waals surface area contributed by atoms with Crippen LogP contribution >= 0.6 is 0 Å². The summed E-state index contributed by atoms with van der Waals surface area (Å²) in [4.78, 5) is 15.8. The molecular formula is C10H12N4O3. The fourth-order valence-electron chi connectivity index (χ4n) is 1.36. The third-order valence-corrected chi connectivity index (χ3v) is 2.23. The van der Waals surface area contributed by atoms with E-state index in [4.69, 9.17) is 10.2 Å². The van der Waals surface area contributed by atoms with Crippen molar-refractivity contribution in [2.24, 2.45) is 0 Å². The topological polar surface area (TPSA) is 99.8 Å². The Morgan fingerprint density at radius 2 is 2.41 bits per heavy atom. The van der Waals surface area contributed by atoms with Gasteiger partial charge in [0.15, 0.2) is 5.65 Å². The van der Waals surface area contributed by atoms with Crippen LogP contribution in [0.5, 0.6) is 0 Å². The van der Waals surface area contributed by atoms with Crippen molar-refractivity contribution in [2.45, 2.75) is 6.10 Å². The predicted octanol–water partition coefficient (Wildman–Crippen LogP) is -1.19. The second-order valence-corrected chi connectivity index (χ2v) is 3.49. The van der Waals surface area contributed by atoms with Gasteiger partial charge in [-0.15, -0.1) is 0 Å². The summed E-state index contributed by atoms with van der Waals surface area (Å²) in [5.74, 6) is -0.383. The van der Waals surface area contributed by atoms with Crippen molar-refractivity contribution in [1.82, 2.24) is 19.9 Å². The van der Waals surface area contributed by atoms with E-state index in [1.165, 1.54) is 10.7 Å². The summed E-state index contributed by atoms with van der Waals surface area (Å²) >= 11 is 0. The Hall–Kier alpha value is -1.99. The van der Waals surface area contributed by atoms with Crippen molar-refractivity contribution in [3.05, 3.63) is 30.2 Å². The zero-order valence-electron chi connectivity index (χ0n) is 8.95. The lowest BCUT2D eigenvalue weighted by Gasteiger charge is -2.07. The molecule has 0 radical (unpaired) electrons. The van der Waals surface area contributed by atoms with Crippen LogP contribution in [-0.4, -0.2) is 50.0 Å². The van der Waals surface area contributed by atoms with Crippen LogP contribution < -0.4 is 5.32 Å². The molecule has 17 heavy (non-hydrogen) atoms. The first-order chi connectivity index (χ1) is 8.22. The Bertz CT molecular complexity index is 525. The standard InChI is InChI=1S/C10H12N4O3/c15-6-7(16)4-12-10(17)8-5-13-14-3-1-2-11-9(8)14/h1-3,5,7,15-16H,4,6H2,(H,12,17)/t7-/m1/s1. The lowest BCUT2D eigenvalue weighted by Crippen LogP contribution is -2.33. The van der Waals surface area contributed by atoms with E-state index >= 15 is 0 Å². The fourth-order valence-corrected chi connectivity index (χ4v) is 1.36. The SMILES string of the molecule is O=C(NC[C@@H](O)CO)c1cnn2cccnc12. The minimum Gasteiger partial charge on any atom is -0.394 e. The first-order valence-electron chi connectivity index (χ1n) is 5.08. The van der Waals surface area contributed by atoms with Crippen LogP contribution in [0.25, 0.3) is 5.65 Å². The number of nitrogens with zero attached hydrogens (tertiary/aromatic N) is 3. The van der Waals surface area contributed by atoms with E-state index in [2.05, 4.69) is 15.4 Å². The molecule has 7 heteroatoms. The normalized spacial score (nSPS) is 12.6. The summed E-state index contributed by atoms with van der Waals surface area (Å²) in [7, 11) is 0. The third kappa shape index (κ3) is 2.40. The largest absolute Gasteiger partial charge is 0.394 e. The molecule has 0 spiro atoms. The highest BCUT2D eigenvalue weighted by molar-refractivity contribution is 5.99. The number of hydrogen-bond acceptors (Lipinski definition) is 5. The smallest absolute Gasteiger partial charge is 0.256 e. The van der Waals surface area contributed by atoms with Crippen molar-refractivity contribution in [3.63, 3.8) is 0 Å². The Balaban J connectivity index is 2.14. The lowest BCUT2D eigenvalue weighted by atomic mass is 10.3. The molecule has 2 aromatic heterocycles. The third-order valence-electron chi connectivity index (χ3n) is 2.23. The fraction of sp³-hybridized carbons (Fsp3) is 0.300. The van der Waals surface area contributed by atoms with Crippen LogP contribution in [0, 0.1) is 0 Å². The molecule has 2 heterocycles. The predicted molar refractivity (Wildman–Crippen MR) is 58.4 cm³/mol. The first kappa shape index (κ1) is 11.5. The van der Waals surface area contributed by atoms with Gasteiger partial charge in [0.25, 0.3) is 5.91 Å². The average molecular weight is 236 g/mol. The zero-order chi connectivity index (χ0) is 12.3. The number of aliphatic hydroxyl groups excluding tert-OH is 2. The highest BCUT2D eigenvalue weighted by atomic mass is 16.3. The second-order valence-electron chi connectivity index (χ2n) is 3.49. The molecule has 0 unspecified atom stereocenters. The van der Waals surface area contributed by atoms with E-state index in [0.717, 1.165) is 0 Å². The van der Waals surface area contributed by atoms with E-state index in [9.17, 15) is 4.79 Å². The minimum absolute atomic E-state index is 0.0144. The van der Waals surface area contributed by atoms with Gasteiger partial charge in [-0.2, -0.15) is 5.10 Å². The van der Waals surface area contributed by atoms with Crippen LogP contribution in [0.2, 0.25) is 0 Å². The van der Waals surface area contributed by atoms with Gasteiger partial charge in [-0.1, -0.05) is 0 Å². The Labute approximate surface area is 96.7 Å². The van der Waals surface area contributed by atoms with Gasteiger partial charge < -0.3 is 15.5 Å². The molecule has 1 atom stereocenters. The van der Waals surface area contributed by atoms with Gasteiger partial charge in [0.1, 0.15) is 5.56 Å². The van der Waals surface area contributed by atoms with Crippen molar-refractivity contribution < 1.29 is 15.0 Å². The quantitative estimate of drug-likeness (QED) is 0.620. The van der Waals surface area contributed by atoms with E-state index < -0.39 is 12.7 Å². The van der Waals surface area contributed by atoms with Gasteiger partial charge in [0, 0.05) is 18.9 Å². The summed E-state index contributed by atoms with van der Waals surface area (Å²) in [6, 6.07) is 1.71. The molecule has 0 fully saturated rings.